The van der Waals surface area contributed by atoms with E-state index in [4.69, 9.17) is 0 Å². The van der Waals surface area contributed by atoms with E-state index in [-0.39, 0.29) is 0 Å². The maximum atomic E-state index is 2.29. The van der Waals surface area contributed by atoms with Gasteiger partial charge in [0.1, 0.15) is 0 Å². The fourth-order valence-electron chi connectivity index (χ4n) is 1.64. The van der Waals surface area contributed by atoms with Gasteiger partial charge in [-0.1, -0.05) is 25.0 Å². The lowest BCUT2D eigenvalue weighted by Crippen LogP contribution is -2.01. The van der Waals surface area contributed by atoms with E-state index in [2.05, 4.69) is 37.8 Å². The zero-order valence-electron chi connectivity index (χ0n) is 7.55. The lowest BCUT2D eigenvalue weighted by atomic mass is 10.4. The van der Waals surface area contributed by atoms with Crippen molar-refractivity contribution >= 4 is 11.8 Å². The quantitative estimate of drug-likeness (QED) is 0.583. The normalized spacial score (nSPS) is 23.1. The number of hydrogen-bond donors (Lipinski definition) is 0. The van der Waals surface area contributed by atoms with E-state index in [1.165, 1.54) is 25.7 Å². The molecule has 0 saturated heterocycles. The van der Waals surface area contributed by atoms with Crippen molar-refractivity contribution in [3.05, 3.63) is 12.2 Å². The Hall–Kier alpha value is 0.0900. The van der Waals surface area contributed by atoms with E-state index < -0.39 is 0 Å². The average molecular weight is 170 g/mol. The van der Waals surface area contributed by atoms with E-state index in [0.717, 1.165) is 10.5 Å². The van der Waals surface area contributed by atoms with Crippen LogP contribution in [-0.4, -0.2) is 10.5 Å². The average Bonchev–Trinajstić information content (AvgIpc) is 2.40. The first-order chi connectivity index (χ1) is 5.33. The highest BCUT2D eigenvalue weighted by Crippen LogP contribution is 2.32. The van der Waals surface area contributed by atoms with Crippen molar-refractivity contribution in [3.8, 4) is 0 Å². The topological polar surface area (TPSA) is 0 Å². The first-order valence-corrected chi connectivity index (χ1v) is 5.55. The molecule has 0 spiro atoms. The van der Waals surface area contributed by atoms with Crippen LogP contribution in [0.3, 0.4) is 0 Å². The molecular formula is C10H18S. The zero-order chi connectivity index (χ0) is 8.10. The summed E-state index contributed by atoms with van der Waals surface area (Å²) in [4.78, 5) is 0. The van der Waals surface area contributed by atoms with Crippen molar-refractivity contribution in [3.63, 3.8) is 0 Å². The van der Waals surface area contributed by atoms with Gasteiger partial charge < -0.3 is 0 Å². The van der Waals surface area contributed by atoms with Gasteiger partial charge in [0.2, 0.25) is 0 Å². The van der Waals surface area contributed by atoms with Crippen LogP contribution in [0.5, 0.6) is 0 Å². The molecule has 1 aliphatic rings. The molecule has 1 aliphatic carbocycles. The monoisotopic (exact) mass is 170 g/mol. The summed E-state index contributed by atoms with van der Waals surface area (Å²) in [5, 5.41) is 1.68. The third-order valence-electron chi connectivity index (χ3n) is 2.17. The van der Waals surface area contributed by atoms with Crippen LogP contribution in [-0.2, 0) is 0 Å². The third kappa shape index (κ3) is 3.33. The molecule has 1 fully saturated rings. The Bertz CT molecular complexity index is 123. The molecule has 1 saturated carbocycles. The minimum atomic E-state index is 0.725. The molecule has 0 N–H and O–H groups in total. The summed E-state index contributed by atoms with van der Waals surface area (Å²) in [6.45, 7) is 4.40. The van der Waals surface area contributed by atoms with E-state index in [0.29, 0.717) is 0 Å². The van der Waals surface area contributed by atoms with Crippen LogP contribution in [0.1, 0.15) is 39.5 Å². The highest BCUT2D eigenvalue weighted by Gasteiger charge is 2.16. The Morgan fingerprint density at radius 3 is 2.55 bits per heavy atom. The van der Waals surface area contributed by atoms with Gasteiger partial charge in [-0.15, -0.1) is 0 Å². The second-order valence-corrected chi connectivity index (χ2v) is 4.96. The van der Waals surface area contributed by atoms with Gasteiger partial charge in [-0.05, 0) is 26.7 Å². The lowest BCUT2D eigenvalue weighted by Gasteiger charge is -2.11. The molecule has 1 rings (SSSR count). The molecule has 0 nitrogen and oxygen atoms in total. The summed E-state index contributed by atoms with van der Waals surface area (Å²) in [7, 11) is 0. The Morgan fingerprint density at radius 2 is 2.00 bits per heavy atom. The maximum Gasteiger partial charge on any atom is 0.0201 e. The summed E-state index contributed by atoms with van der Waals surface area (Å²) in [5.41, 5.74) is 0. The van der Waals surface area contributed by atoms with Gasteiger partial charge in [0.05, 0.1) is 0 Å². The summed E-state index contributed by atoms with van der Waals surface area (Å²) >= 11 is 2.14. The molecule has 11 heavy (non-hydrogen) atoms. The van der Waals surface area contributed by atoms with Crippen LogP contribution in [0.2, 0.25) is 0 Å². The summed E-state index contributed by atoms with van der Waals surface area (Å²) in [5.74, 6) is 0. The molecule has 1 atom stereocenters. The smallest absolute Gasteiger partial charge is 0.0201 e. The van der Waals surface area contributed by atoms with Crippen molar-refractivity contribution in [2.45, 2.75) is 50.0 Å². The predicted molar refractivity (Wildman–Crippen MR) is 54.1 cm³/mol. The lowest BCUT2D eigenvalue weighted by molar-refractivity contribution is 0.886. The largest absolute Gasteiger partial charge is 0.151 e. The first-order valence-electron chi connectivity index (χ1n) is 4.61. The Balaban J connectivity index is 2.18. The molecule has 0 aliphatic heterocycles. The van der Waals surface area contributed by atoms with E-state index in [9.17, 15) is 0 Å². The van der Waals surface area contributed by atoms with Crippen LogP contribution in [0.15, 0.2) is 12.2 Å². The molecule has 0 bridgehead atoms. The molecule has 0 radical (unpaired) electrons. The van der Waals surface area contributed by atoms with Crippen LogP contribution < -0.4 is 0 Å². The van der Waals surface area contributed by atoms with Crippen LogP contribution in [0.4, 0.5) is 0 Å². The van der Waals surface area contributed by atoms with Gasteiger partial charge in [-0.25, -0.2) is 0 Å². The molecule has 0 heterocycles. The van der Waals surface area contributed by atoms with E-state index in [1.54, 1.807) is 0 Å². The molecule has 0 aromatic carbocycles. The van der Waals surface area contributed by atoms with Gasteiger partial charge in [0.25, 0.3) is 0 Å². The molecule has 0 aromatic heterocycles. The van der Waals surface area contributed by atoms with Crippen molar-refractivity contribution in [1.29, 1.82) is 0 Å². The minimum absolute atomic E-state index is 0.725. The van der Waals surface area contributed by atoms with Gasteiger partial charge in [-0.3, -0.25) is 0 Å². The fourth-order valence-corrected chi connectivity index (χ4v) is 3.10. The highest BCUT2D eigenvalue weighted by molar-refractivity contribution is 8.00. The van der Waals surface area contributed by atoms with E-state index >= 15 is 0 Å². The zero-order valence-corrected chi connectivity index (χ0v) is 8.36. The van der Waals surface area contributed by atoms with Crippen molar-refractivity contribution < 1.29 is 0 Å². The molecule has 1 unspecified atom stereocenters. The first kappa shape index (κ1) is 9.18. The third-order valence-corrected chi connectivity index (χ3v) is 3.62. The molecule has 64 valence electrons. The van der Waals surface area contributed by atoms with Crippen molar-refractivity contribution in [1.82, 2.24) is 0 Å². The second kappa shape index (κ2) is 4.87. The number of allylic oxidation sites excluding steroid dienone is 1. The van der Waals surface area contributed by atoms with E-state index in [1.807, 2.05) is 0 Å². The predicted octanol–water partition coefficient (Wildman–Crippen LogP) is 3.63. The SMILES string of the molecule is C/C=C/C(C)SC1CCCC1. The van der Waals surface area contributed by atoms with Crippen LogP contribution >= 0.6 is 11.8 Å². The molecule has 0 amide bonds. The Labute approximate surface area is 74.5 Å². The van der Waals surface area contributed by atoms with Crippen LogP contribution in [0, 0.1) is 0 Å². The number of hydrogen-bond acceptors (Lipinski definition) is 1. The highest BCUT2D eigenvalue weighted by atomic mass is 32.2. The summed E-state index contributed by atoms with van der Waals surface area (Å²) in [6.07, 6.45) is 10.3. The minimum Gasteiger partial charge on any atom is -0.151 e. The van der Waals surface area contributed by atoms with Crippen molar-refractivity contribution in [2.75, 3.05) is 0 Å². The second-order valence-electron chi connectivity index (χ2n) is 3.27. The van der Waals surface area contributed by atoms with Crippen LogP contribution in [0.25, 0.3) is 0 Å². The van der Waals surface area contributed by atoms with Gasteiger partial charge >= 0.3 is 0 Å². The summed E-state index contributed by atoms with van der Waals surface area (Å²) < 4.78 is 0. The Kier molecular flexibility index (Phi) is 4.06. The fraction of sp³-hybridized carbons (Fsp3) is 0.800. The molecule has 1 heteroatoms. The maximum absolute atomic E-state index is 2.29. The van der Waals surface area contributed by atoms with Crippen molar-refractivity contribution in [2.24, 2.45) is 0 Å². The van der Waals surface area contributed by atoms with Gasteiger partial charge in [0.15, 0.2) is 0 Å². The standard InChI is InChI=1S/C10H18S/c1-3-6-9(2)11-10-7-4-5-8-10/h3,6,9-10H,4-5,7-8H2,1-2H3/b6-3+. The summed E-state index contributed by atoms with van der Waals surface area (Å²) in [6, 6.07) is 0. The van der Waals surface area contributed by atoms with Gasteiger partial charge in [-0.2, -0.15) is 11.8 Å². The number of thioether (sulfide) groups is 1. The molecule has 0 aromatic rings. The molecular weight excluding hydrogens is 152 g/mol. The Morgan fingerprint density at radius 1 is 1.36 bits per heavy atom. The van der Waals surface area contributed by atoms with Gasteiger partial charge in [0, 0.05) is 10.5 Å². The number of rotatable bonds is 3.